The zero-order valence-corrected chi connectivity index (χ0v) is 8.51. The molecule has 2 rings (SSSR count). The second-order valence-corrected chi connectivity index (χ2v) is 4.02. The van der Waals surface area contributed by atoms with E-state index in [2.05, 4.69) is 9.97 Å². The Balaban J connectivity index is 2.21. The Morgan fingerprint density at radius 3 is 3.07 bits per heavy atom. The van der Waals surface area contributed by atoms with Gasteiger partial charge in [0.2, 0.25) is 5.95 Å². The molecular formula is C10H12N4O. The summed E-state index contributed by atoms with van der Waals surface area (Å²) in [4.78, 5) is 10.1. The predicted molar refractivity (Wildman–Crippen MR) is 54.2 cm³/mol. The first-order chi connectivity index (χ1) is 7.11. The van der Waals surface area contributed by atoms with Crippen molar-refractivity contribution in [2.75, 3.05) is 18.0 Å². The van der Waals surface area contributed by atoms with Crippen molar-refractivity contribution in [1.82, 2.24) is 9.97 Å². The van der Waals surface area contributed by atoms with E-state index in [-0.39, 0.29) is 0 Å². The summed E-state index contributed by atoms with van der Waals surface area (Å²) in [7, 11) is 0. The average Bonchev–Trinajstić information content (AvgIpc) is 2.59. The van der Waals surface area contributed by atoms with Gasteiger partial charge in [-0.3, -0.25) is 0 Å². The summed E-state index contributed by atoms with van der Waals surface area (Å²) in [6, 6.07) is 3.54. The van der Waals surface area contributed by atoms with Crippen molar-refractivity contribution in [3.63, 3.8) is 0 Å². The fourth-order valence-electron chi connectivity index (χ4n) is 1.68. The van der Waals surface area contributed by atoms with Gasteiger partial charge in [-0.05, 0) is 19.4 Å². The van der Waals surface area contributed by atoms with E-state index in [1.165, 1.54) is 0 Å². The molecule has 2 heterocycles. The van der Waals surface area contributed by atoms with E-state index in [1.807, 2.05) is 11.0 Å². The highest BCUT2D eigenvalue weighted by Crippen LogP contribution is 2.23. The van der Waals surface area contributed by atoms with Gasteiger partial charge in [0.1, 0.15) is 11.8 Å². The molecule has 0 saturated carbocycles. The van der Waals surface area contributed by atoms with E-state index in [9.17, 15) is 5.11 Å². The molecule has 1 unspecified atom stereocenters. The Labute approximate surface area is 88.0 Å². The number of β-amino-alcohol motifs (C(OH)–C–C–N with tert-alkyl or cyclic N) is 1. The Kier molecular flexibility index (Phi) is 2.29. The fraction of sp³-hybridized carbons (Fsp3) is 0.500. The van der Waals surface area contributed by atoms with Crippen LogP contribution in [-0.4, -0.2) is 33.8 Å². The van der Waals surface area contributed by atoms with Gasteiger partial charge < -0.3 is 10.0 Å². The first-order valence-corrected chi connectivity index (χ1v) is 4.81. The molecule has 0 aliphatic carbocycles. The van der Waals surface area contributed by atoms with Crippen molar-refractivity contribution >= 4 is 5.95 Å². The minimum atomic E-state index is -0.675. The molecule has 15 heavy (non-hydrogen) atoms. The number of nitriles is 1. The molecule has 1 N–H and O–H groups in total. The van der Waals surface area contributed by atoms with Gasteiger partial charge in [-0.15, -0.1) is 0 Å². The van der Waals surface area contributed by atoms with E-state index < -0.39 is 5.60 Å². The van der Waals surface area contributed by atoms with E-state index in [1.54, 1.807) is 19.2 Å². The van der Waals surface area contributed by atoms with Crippen LogP contribution in [0, 0.1) is 11.3 Å². The lowest BCUT2D eigenvalue weighted by Crippen LogP contribution is -2.30. The van der Waals surface area contributed by atoms with Crippen LogP contribution in [0.25, 0.3) is 0 Å². The molecule has 0 amide bonds. The molecular weight excluding hydrogens is 192 g/mol. The third kappa shape index (κ3) is 2.05. The molecule has 5 nitrogen and oxygen atoms in total. The lowest BCUT2D eigenvalue weighted by Gasteiger charge is -2.18. The Hall–Kier alpha value is -1.67. The number of rotatable bonds is 1. The zero-order chi connectivity index (χ0) is 10.9. The number of aromatic nitrogens is 2. The van der Waals surface area contributed by atoms with Crippen LogP contribution in [0.5, 0.6) is 0 Å². The molecule has 78 valence electrons. The van der Waals surface area contributed by atoms with Crippen LogP contribution >= 0.6 is 0 Å². The SMILES string of the molecule is CC1(O)CCN(c2nccc(C#N)n2)C1. The molecule has 0 spiro atoms. The van der Waals surface area contributed by atoms with E-state index >= 15 is 0 Å². The lowest BCUT2D eigenvalue weighted by atomic mass is 10.1. The van der Waals surface area contributed by atoms with Gasteiger partial charge in [-0.2, -0.15) is 5.26 Å². The van der Waals surface area contributed by atoms with Crippen molar-refractivity contribution in [3.8, 4) is 6.07 Å². The summed E-state index contributed by atoms with van der Waals surface area (Å²) in [5.74, 6) is 0.520. The third-order valence-corrected chi connectivity index (χ3v) is 2.49. The minimum Gasteiger partial charge on any atom is -0.388 e. The topological polar surface area (TPSA) is 73.0 Å². The van der Waals surface area contributed by atoms with E-state index in [4.69, 9.17) is 5.26 Å². The molecule has 1 atom stereocenters. The number of hydrogen-bond acceptors (Lipinski definition) is 5. The average molecular weight is 204 g/mol. The van der Waals surface area contributed by atoms with Gasteiger partial charge in [0.25, 0.3) is 0 Å². The van der Waals surface area contributed by atoms with Crippen molar-refractivity contribution in [3.05, 3.63) is 18.0 Å². The predicted octanol–water partition coefficient (Wildman–Crippen LogP) is 0.309. The van der Waals surface area contributed by atoms with Crippen LogP contribution in [0.3, 0.4) is 0 Å². The number of anilines is 1. The van der Waals surface area contributed by atoms with Crippen molar-refractivity contribution in [2.24, 2.45) is 0 Å². The molecule has 0 bridgehead atoms. The molecule has 5 heteroatoms. The highest BCUT2D eigenvalue weighted by molar-refractivity contribution is 5.35. The first-order valence-electron chi connectivity index (χ1n) is 4.81. The van der Waals surface area contributed by atoms with Crippen LogP contribution in [0.1, 0.15) is 19.0 Å². The molecule has 1 aromatic rings. The Morgan fingerprint density at radius 2 is 2.47 bits per heavy atom. The Bertz CT molecular complexity index is 410. The maximum absolute atomic E-state index is 9.79. The van der Waals surface area contributed by atoms with E-state index in [0.29, 0.717) is 24.6 Å². The van der Waals surface area contributed by atoms with Crippen LogP contribution < -0.4 is 4.90 Å². The van der Waals surface area contributed by atoms with Gasteiger partial charge in [0.15, 0.2) is 0 Å². The Morgan fingerprint density at radius 1 is 1.67 bits per heavy atom. The van der Waals surface area contributed by atoms with Crippen molar-refractivity contribution in [2.45, 2.75) is 18.9 Å². The molecule has 0 aromatic carbocycles. The third-order valence-electron chi connectivity index (χ3n) is 2.49. The molecule has 1 aromatic heterocycles. The normalized spacial score (nSPS) is 25.3. The van der Waals surface area contributed by atoms with Crippen LogP contribution in [0.4, 0.5) is 5.95 Å². The quantitative estimate of drug-likeness (QED) is 0.712. The van der Waals surface area contributed by atoms with Gasteiger partial charge in [0.05, 0.1) is 5.60 Å². The summed E-state index contributed by atoms with van der Waals surface area (Å²) in [5.41, 5.74) is -0.321. The molecule has 0 radical (unpaired) electrons. The van der Waals surface area contributed by atoms with Gasteiger partial charge in [0, 0.05) is 19.3 Å². The monoisotopic (exact) mass is 204 g/mol. The van der Waals surface area contributed by atoms with Gasteiger partial charge in [-0.1, -0.05) is 0 Å². The fourth-order valence-corrected chi connectivity index (χ4v) is 1.68. The van der Waals surface area contributed by atoms with Crippen LogP contribution in [0.2, 0.25) is 0 Å². The summed E-state index contributed by atoms with van der Waals surface area (Å²) in [6.07, 6.45) is 2.26. The lowest BCUT2D eigenvalue weighted by molar-refractivity contribution is 0.0838. The first kappa shape index (κ1) is 9.87. The molecule has 1 aliphatic heterocycles. The maximum atomic E-state index is 9.79. The molecule has 1 aliphatic rings. The summed E-state index contributed by atoms with van der Waals surface area (Å²) in [5, 5.41) is 18.5. The van der Waals surface area contributed by atoms with Crippen LogP contribution in [0.15, 0.2) is 12.3 Å². The molecule has 1 fully saturated rings. The smallest absolute Gasteiger partial charge is 0.226 e. The van der Waals surface area contributed by atoms with Gasteiger partial charge in [-0.25, -0.2) is 9.97 Å². The zero-order valence-electron chi connectivity index (χ0n) is 8.51. The highest BCUT2D eigenvalue weighted by Gasteiger charge is 2.32. The van der Waals surface area contributed by atoms with E-state index in [0.717, 1.165) is 6.54 Å². The summed E-state index contributed by atoms with van der Waals surface area (Å²) >= 11 is 0. The summed E-state index contributed by atoms with van der Waals surface area (Å²) in [6.45, 7) is 3.03. The molecule has 1 saturated heterocycles. The largest absolute Gasteiger partial charge is 0.388 e. The number of aliphatic hydroxyl groups is 1. The van der Waals surface area contributed by atoms with Gasteiger partial charge >= 0.3 is 0 Å². The number of nitrogens with zero attached hydrogens (tertiary/aromatic N) is 4. The maximum Gasteiger partial charge on any atom is 0.226 e. The minimum absolute atomic E-state index is 0.353. The standard InChI is InChI=1S/C10H12N4O/c1-10(15)3-5-14(7-10)9-12-4-2-8(6-11)13-9/h2,4,15H,3,5,7H2,1H3. The number of hydrogen-bond donors (Lipinski definition) is 1. The van der Waals surface area contributed by atoms with Crippen LogP contribution in [-0.2, 0) is 0 Å². The second kappa shape index (κ2) is 3.48. The van der Waals surface area contributed by atoms with Crippen molar-refractivity contribution in [1.29, 1.82) is 5.26 Å². The summed E-state index contributed by atoms with van der Waals surface area (Å²) < 4.78 is 0. The highest BCUT2D eigenvalue weighted by atomic mass is 16.3. The second-order valence-electron chi connectivity index (χ2n) is 4.02. The van der Waals surface area contributed by atoms with Crippen molar-refractivity contribution < 1.29 is 5.11 Å².